The molecule has 16 N–H and O–H groups in total. The smallest absolute Gasteiger partial charge is 0.317 e. The van der Waals surface area contributed by atoms with Crippen LogP contribution in [0.1, 0.15) is 53.6 Å². The number of nitrogens with zero attached hydrogens (tertiary/aromatic N) is 5. The predicted octanol–water partition coefficient (Wildman–Crippen LogP) is -1.81. The number of carboxylic acid groups (broad SMARTS) is 4. The third-order valence-corrected chi connectivity index (χ3v) is 16.8. The molecule has 6 rings (SSSR count). The second-order valence-corrected chi connectivity index (χ2v) is 24.4. The summed E-state index contributed by atoms with van der Waals surface area (Å²) in [5.74, 6) is -11.4. The van der Waals surface area contributed by atoms with Crippen molar-refractivity contribution in [1.82, 2.24) is 61.7 Å². The second kappa shape index (κ2) is 37.5. The minimum absolute atomic E-state index is 0.0253. The van der Waals surface area contributed by atoms with Crippen LogP contribution in [-0.2, 0) is 65.6 Å². The molecular weight excluding hydrogens is 1370 g/mol. The van der Waals surface area contributed by atoms with Gasteiger partial charge in [0.15, 0.2) is 5.96 Å². The van der Waals surface area contributed by atoms with E-state index in [0.29, 0.717) is 14.7 Å². The van der Waals surface area contributed by atoms with E-state index in [9.17, 15) is 83.1 Å². The Morgan fingerprint density at radius 1 is 0.615 bits per heavy atom. The first-order valence-corrected chi connectivity index (χ1v) is 32.0. The van der Waals surface area contributed by atoms with Crippen LogP contribution in [0.15, 0.2) is 84.9 Å². The first kappa shape index (κ1) is 75.4. The monoisotopic (exact) mass is 1450 g/mol. The number of phenols is 1. The Hall–Kier alpha value is -9.58. The number of halogens is 1. The molecule has 0 radical (unpaired) electrons. The zero-order valence-electron chi connectivity index (χ0n) is 52.9. The average molecular weight is 1450 g/mol. The van der Waals surface area contributed by atoms with Crippen molar-refractivity contribution in [3.05, 3.63) is 105 Å². The van der Waals surface area contributed by atoms with Crippen LogP contribution in [0.4, 0.5) is 5.69 Å². The number of nitrogens with two attached hydrogens (primary N) is 1. The van der Waals surface area contributed by atoms with Crippen molar-refractivity contribution in [1.29, 1.82) is 5.41 Å². The zero-order chi connectivity index (χ0) is 70.0. The molecule has 2 saturated heterocycles. The fraction of sp³-hybridized carbons (Fsp3) is 0.444. The van der Waals surface area contributed by atoms with Crippen LogP contribution < -0.4 is 48.3 Å². The van der Waals surface area contributed by atoms with Crippen LogP contribution in [0.25, 0.3) is 10.8 Å². The molecule has 2 fully saturated rings. The minimum atomic E-state index is -1.62. The lowest BCUT2D eigenvalue weighted by molar-refractivity contribution is -0.142. The molecule has 0 aromatic heterocycles. The number of carboxylic acids is 4. The number of hydrogen-bond acceptors (Lipinski definition) is 18. The number of anilines is 1. The van der Waals surface area contributed by atoms with Gasteiger partial charge in [0.2, 0.25) is 41.4 Å². The summed E-state index contributed by atoms with van der Waals surface area (Å²) in [6.07, 6.45) is -0.929. The van der Waals surface area contributed by atoms with Crippen molar-refractivity contribution < 1.29 is 83.1 Å². The van der Waals surface area contributed by atoms with Gasteiger partial charge in [-0.15, -0.1) is 0 Å². The van der Waals surface area contributed by atoms with Gasteiger partial charge in [-0.2, -0.15) is 0 Å². The third kappa shape index (κ3) is 25.3. The van der Waals surface area contributed by atoms with Crippen LogP contribution in [0.3, 0.4) is 0 Å². The van der Waals surface area contributed by atoms with Gasteiger partial charge in [-0.1, -0.05) is 48.5 Å². The van der Waals surface area contributed by atoms with Crippen LogP contribution in [0, 0.1) is 8.98 Å². The molecule has 2 heterocycles. The first-order valence-electron chi connectivity index (χ1n) is 30.9. The highest BCUT2D eigenvalue weighted by molar-refractivity contribution is 14.1. The molecule has 2 aliphatic heterocycles. The van der Waals surface area contributed by atoms with Crippen LogP contribution >= 0.6 is 22.6 Å². The molecule has 0 saturated carbocycles. The van der Waals surface area contributed by atoms with Gasteiger partial charge in [-0.3, -0.25) is 82.5 Å². The first-order chi connectivity index (χ1) is 45.7. The number of rotatable bonds is 26. The van der Waals surface area contributed by atoms with Gasteiger partial charge < -0.3 is 78.7 Å². The van der Waals surface area contributed by atoms with Gasteiger partial charge in [0.25, 0.3) is 5.91 Å². The number of nitrogens with one attached hydrogen (secondary N) is 9. The molecule has 8 amide bonds. The van der Waals surface area contributed by atoms with Crippen LogP contribution in [-0.4, -0.2) is 263 Å². The number of benzene rings is 4. The lowest BCUT2D eigenvalue weighted by Crippen LogP contribution is -2.58. The average Bonchev–Trinajstić information content (AvgIpc) is 1.09. The molecule has 4 aromatic rings. The van der Waals surface area contributed by atoms with Crippen molar-refractivity contribution >= 4 is 116 Å². The van der Waals surface area contributed by atoms with Crippen molar-refractivity contribution in [2.45, 2.75) is 75.2 Å². The standard InChI is InChI=1S/C63H82IN15O17/c1-75-49(61(95)73-45(8-4-19-68-63(65)66)59(93)74-46(30-38-10-12-40-6-2-3-7-42(40)28-38)58(92)69-33-51(81)72-48(62(75)96)31-39-11-17-50(80)44(64)29-39)9-5-18-67-57(91)41-13-15-43(16-14-41)70-60(94)47(32-53(83)84)71-52(82)34-76-20-22-77(35-54(85)86)24-26-79(37-56(89)90)27-25-78(23-21-76)36-55(87)88/h2-3,6-7,10-17,28-29,45-49,80H,4-5,8-9,18-27,30-37H2,1H3,(H,67,91)(H,69,92)(H,70,94)(H,71,82)(H,72,81)(H,73,95)(H,74,93)(H,83,84)(H,85,86)(H,87,88)(H,89,90)(H4,65,66,68)/t45-,46-,47-,48+,49+/m1/s1. The highest BCUT2D eigenvalue weighted by Crippen LogP contribution is 2.23. The number of guanidine groups is 1. The highest BCUT2D eigenvalue weighted by Gasteiger charge is 2.36. The van der Waals surface area contributed by atoms with Gasteiger partial charge in [0.05, 0.1) is 42.7 Å². The quantitative estimate of drug-likeness (QED) is 0.0143. The number of carbonyl (C=O) groups excluding carboxylic acids is 8. The summed E-state index contributed by atoms with van der Waals surface area (Å²) in [7, 11) is 1.35. The van der Waals surface area contributed by atoms with Crippen LogP contribution in [0.2, 0.25) is 0 Å². The fourth-order valence-electron chi connectivity index (χ4n) is 10.8. The molecule has 96 heavy (non-hydrogen) atoms. The Morgan fingerprint density at radius 2 is 1.15 bits per heavy atom. The van der Waals surface area contributed by atoms with E-state index < -0.39 is 134 Å². The molecule has 0 bridgehead atoms. The number of aromatic hydroxyl groups is 1. The number of likely N-dealkylation sites (N-methyl/N-ethyl adjacent to an activating group) is 1. The molecular formula is C63H82IN15O17. The zero-order valence-corrected chi connectivity index (χ0v) is 55.0. The van der Waals surface area contributed by atoms with Gasteiger partial charge in [0.1, 0.15) is 36.0 Å². The summed E-state index contributed by atoms with van der Waals surface area (Å²) < 4.78 is 0.450. The summed E-state index contributed by atoms with van der Waals surface area (Å²) in [5.41, 5.74) is 6.91. The Bertz CT molecular complexity index is 3440. The van der Waals surface area contributed by atoms with Gasteiger partial charge in [-0.05, 0) is 107 Å². The van der Waals surface area contributed by atoms with Gasteiger partial charge in [-0.25, -0.2) is 0 Å². The summed E-state index contributed by atoms with van der Waals surface area (Å²) in [6.45, 7) is -1.29. The van der Waals surface area contributed by atoms with Crippen molar-refractivity contribution in [2.75, 3.05) is 111 Å². The van der Waals surface area contributed by atoms with E-state index in [2.05, 4.69) is 42.5 Å². The molecule has 0 unspecified atom stereocenters. The number of carbonyl (C=O) groups is 12. The second-order valence-electron chi connectivity index (χ2n) is 23.3. The normalized spacial score (nSPS) is 19.1. The number of fused-ring (bicyclic) bond motifs is 1. The largest absolute Gasteiger partial charge is 0.507 e. The van der Waals surface area contributed by atoms with Gasteiger partial charge in [0, 0.05) is 96.6 Å². The van der Waals surface area contributed by atoms with E-state index in [4.69, 9.17) is 11.1 Å². The van der Waals surface area contributed by atoms with E-state index in [1.54, 1.807) is 37.8 Å². The number of aliphatic carboxylic acids is 4. The Kier molecular flexibility index (Phi) is 29.5. The topological polar surface area (TPSA) is 468 Å². The summed E-state index contributed by atoms with van der Waals surface area (Å²) in [5, 5.41) is 79.4. The molecule has 32 nitrogen and oxygen atoms in total. The number of hydrogen-bond donors (Lipinski definition) is 15. The third-order valence-electron chi connectivity index (χ3n) is 15.9. The molecule has 518 valence electrons. The maximum atomic E-state index is 14.8. The highest BCUT2D eigenvalue weighted by atomic mass is 127. The molecule has 4 aromatic carbocycles. The Balaban J connectivity index is 1.15. The van der Waals surface area contributed by atoms with E-state index >= 15 is 0 Å². The number of amides is 8. The van der Waals surface area contributed by atoms with E-state index in [0.717, 1.165) is 15.7 Å². The SMILES string of the molecule is CN1C(=O)[C@H](Cc2ccc(O)c(I)c2)NC(=O)CNC(=O)[C@@H](Cc2ccc3ccccc3c2)NC(=O)[C@@H](CCCNC(=N)N)NC(=O)[C@@H]1CCCNC(=O)c1ccc(NC(=O)[C@@H](CC(=O)O)NC(=O)CN2CCN(CC(=O)O)CCN(CC(=O)O)CCN(CC(=O)O)CC2)cc1. The lowest BCUT2D eigenvalue weighted by Gasteiger charge is -2.33. The predicted molar refractivity (Wildman–Crippen MR) is 356 cm³/mol. The van der Waals surface area contributed by atoms with Crippen molar-refractivity contribution in [2.24, 2.45) is 5.73 Å². The van der Waals surface area contributed by atoms with Crippen LogP contribution in [0.5, 0.6) is 5.75 Å². The fourth-order valence-corrected chi connectivity index (χ4v) is 11.4. The minimum Gasteiger partial charge on any atom is -0.507 e. The summed E-state index contributed by atoms with van der Waals surface area (Å²) in [4.78, 5) is 167. The maximum Gasteiger partial charge on any atom is 0.317 e. The summed E-state index contributed by atoms with van der Waals surface area (Å²) in [6, 6.07) is 16.2. The molecule has 2 aliphatic rings. The van der Waals surface area contributed by atoms with Crippen molar-refractivity contribution in [3.63, 3.8) is 0 Å². The van der Waals surface area contributed by atoms with Gasteiger partial charge >= 0.3 is 23.9 Å². The molecule has 33 heteroatoms. The Labute approximate surface area is 566 Å². The maximum absolute atomic E-state index is 14.8. The molecule has 0 spiro atoms. The van der Waals surface area contributed by atoms with E-state index in [-0.39, 0.29) is 133 Å². The van der Waals surface area contributed by atoms with Crippen molar-refractivity contribution in [3.8, 4) is 5.75 Å². The molecule has 0 aliphatic carbocycles. The molecule has 5 atom stereocenters. The Morgan fingerprint density at radius 3 is 1.72 bits per heavy atom. The lowest BCUT2D eigenvalue weighted by atomic mass is 10.00. The van der Waals surface area contributed by atoms with E-state index in [1.807, 2.05) is 59.0 Å². The van der Waals surface area contributed by atoms with E-state index in [1.165, 1.54) is 37.4 Å². The number of phenolic OH excluding ortho intramolecular Hbond substituents is 1. The summed E-state index contributed by atoms with van der Waals surface area (Å²) >= 11 is 1.91.